The second kappa shape index (κ2) is 14.5. The molecular formula is C41H51N5O7S. The van der Waals surface area contributed by atoms with Crippen molar-refractivity contribution in [2.45, 2.75) is 75.2 Å². The second-order valence-electron chi connectivity index (χ2n) is 15.9. The van der Waals surface area contributed by atoms with Crippen molar-refractivity contribution < 1.29 is 32.7 Å². The summed E-state index contributed by atoms with van der Waals surface area (Å²) in [6, 6.07) is 12.2. The molecule has 4 bridgehead atoms. The third-order valence-corrected chi connectivity index (χ3v) is 14.9. The summed E-state index contributed by atoms with van der Waals surface area (Å²) in [6.45, 7) is 6.40. The van der Waals surface area contributed by atoms with Crippen LogP contribution in [0.25, 0.3) is 0 Å². The Balaban J connectivity index is 1.25. The summed E-state index contributed by atoms with van der Waals surface area (Å²) in [5.74, 6) is -0.275. The average Bonchev–Trinajstić information content (AvgIpc) is 3.46. The van der Waals surface area contributed by atoms with Gasteiger partial charge in [0.2, 0.25) is 5.88 Å². The number of aromatic nitrogens is 2. The van der Waals surface area contributed by atoms with Gasteiger partial charge in [0, 0.05) is 56.9 Å². The van der Waals surface area contributed by atoms with Gasteiger partial charge in [-0.2, -0.15) is 0 Å². The minimum atomic E-state index is -3.74. The summed E-state index contributed by atoms with van der Waals surface area (Å²) in [6.07, 6.45) is 10.6. The van der Waals surface area contributed by atoms with E-state index >= 15 is 4.21 Å². The van der Waals surface area contributed by atoms with Gasteiger partial charge in [0.15, 0.2) is 0 Å². The van der Waals surface area contributed by atoms with E-state index in [1.165, 1.54) is 34.7 Å². The molecule has 1 aromatic heterocycles. The number of ether oxygens (including phenoxy) is 4. The Morgan fingerprint density at radius 1 is 1.11 bits per heavy atom. The first-order chi connectivity index (χ1) is 26.0. The van der Waals surface area contributed by atoms with Crippen molar-refractivity contribution in [1.82, 2.24) is 14.5 Å². The first kappa shape index (κ1) is 36.8. The normalized spacial score (nSPS) is 32.5. The standard InChI is InChI=1S/C41H51N5O7S/c1-25-8-12-32-27(19-25)7-6-17-41(32)23-46-21-29-9-11-30(29)35(50-4)15-14-34-26(2)37(16-18-52-34)54(49,44-39(48)31-22-45(3)42-40(31)51-5)43-38(47)28-10-13-36(53-24-41)33(46)20-28/h8,10,12-15,19-20,22,26,29-30,34-35,37H,6-7,9,11,16-18,21,23-24H2,1-5H3,(H,43,44,47,48,49)/b15-14+/t26-,29-,30+,34-,35-,37+,41-,54?/m0/s1. The lowest BCUT2D eigenvalue weighted by molar-refractivity contribution is 0.00277. The zero-order valence-electron chi connectivity index (χ0n) is 31.8. The fourth-order valence-electron chi connectivity index (χ4n) is 9.49. The highest BCUT2D eigenvalue weighted by molar-refractivity contribution is 7.93. The number of benzene rings is 2. The van der Waals surface area contributed by atoms with Gasteiger partial charge in [0.05, 0.1) is 36.9 Å². The molecule has 2 aliphatic carbocycles. The van der Waals surface area contributed by atoms with E-state index in [1.54, 1.807) is 20.2 Å². The van der Waals surface area contributed by atoms with Crippen LogP contribution < -0.4 is 19.1 Å². The largest absolute Gasteiger partial charge is 0.490 e. The second-order valence-corrected chi connectivity index (χ2v) is 18.0. The zero-order valence-corrected chi connectivity index (χ0v) is 32.6. The number of carbonyl (C=O) groups excluding carboxylic acids is 2. The van der Waals surface area contributed by atoms with Gasteiger partial charge in [-0.05, 0) is 86.6 Å². The van der Waals surface area contributed by atoms with Crippen LogP contribution in [0.1, 0.15) is 76.4 Å². The summed E-state index contributed by atoms with van der Waals surface area (Å²) in [7, 11) is 1.10. The molecule has 2 aromatic carbocycles. The number of nitrogens with zero attached hydrogens (tertiary/aromatic N) is 4. The van der Waals surface area contributed by atoms with Gasteiger partial charge in [0.1, 0.15) is 21.2 Å². The number of aryl methyl sites for hydroxylation is 3. The summed E-state index contributed by atoms with van der Waals surface area (Å²) in [4.78, 5) is 30.6. The van der Waals surface area contributed by atoms with Gasteiger partial charge in [-0.1, -0.05) is 42.8 Å². The van der Waals surface area contributed by atoms with Crippen LogP contribution in [0.2, 0.25) is 0 Å². The summed E-state index contributed by atoms with van der Waals surface area (Å²) in [5, 5.41) is 3.50. The number of anilines is 1. The van der Waals surface area contributed by atoms with Gasteiger partial charge < -0.3 is 23.8 Å². The molecule has 288 valence electrons. The molecule has 2 fully saturated rings. The molecule has 1 saturated carbocycles. The lowest BCUT2D eigenvalue weighted by atomic mass is 9.68. The Morgan fingerprint density at radius 2 is 1.96 bits per heavy atom. The highest BCUT2D eigenvalue weighted by Gasteiger charge is 2.45. The first-order valence-corrected chi connectivity index (χ1v) is 20.7. The Bertz CT molecular complexity index is 2110. The van der Waals surface area contributed by atoms with Crippen LogP contribution in [0.15, 0.2) is 59.1 Å². The molecular weight excluding hydrogens is 707 g/mol. The molecule has 4 heterocycles. The lowest BCUT2D eigenvalue weighted by Gasteiger charge is -2.46. The van der Waals surface area contributed by atoms with E-state index in [1.807, 2.05) is 25.1 Å². The van der Waals surface area contributed by atoms with Gasteiger partial charge in [-0.15, -0.1) is 9.46 Å². The van der Waals surface area contributed by atoms with Gasteiger partial charge in [-0.25, -0.2) is 4.21 Å². The van der Waals surface area contributed by atoms with Crippen LogP contribution in [0.4, 0.5) is 5.69 Å². The van der Waals surface area contributed by atoms with Crippen LogP contribution in [0.3, 0.4) is 0 Å². The number of methoxy groups -OCH3 is 2. The smallest absolute Gasteiger partial charge is 0.286 e. The molecule has 5 aliphatic rings. The molecule has 54 heavy (non-hydrogen) atoms. The van der Waals surface area contributed by atoms with Crippen molar-refractivity contribution in [2.75, 3.05) is 45.4 Å². The minimum Gasteiger partial charge on any atom is -0.490 e. The number of carbonyl (C=O) groups is 2. The van der Waals surface area contributed by atoms with Crippen molar-refractivity contribution in [3.05, 3.63) is 82.6 Å². The van der Waals surface area contributed by atoms with E-state index < -0.39 is 33.1 Å². The van der Waals surface area contributed by atoms with E-state index in [9.17, 15) is 9.59 Å². The topological polar surface area (TPSA) is 134 Å². The minimum absolute atomic E-state index is 0.0811. The highest BCUT2D eigenvalue weighted by Crippen LogP contribution is 2.47. The van der Waals surface area contributed by atoms with Gasteiger partial charge >= 0.3 is 0 Å². The summed E-state index contributed by atoms with van der Waals surface area (Å²) >= 11 is 0. The molecule has 8 rings (SSSR count). The van der Waals surface area contributed by atoms with Crippen molar-refractivity contribution >= 4 is 27.4 Å². The molecule has 1 saturated heterocycles. The molecule has 12 nitrogen and oxygen atoms in total. The Morgan fingerprint density at radius 3 is 2.74 bits per heavy atom. The fourth-order valence-corrected chi connectivity index (χ4v) is 11.7. The average molecular weight is 758 g/mol. The Kier molecular flexibility index (Phi) is 9.85. The van der Waals surface area contributed by atoms with E-state index in [0.29, 0.717) is 24.7 Å². The molecule has 3 aliphatic heterocycles. The van der Waals surface area contributed by atoms with E-state index in [2.05, 4.69) is 50.3 Å². The van der Waals surface area contributed by atoms with Crippen molar-refractivity contribution in [2.24, 2.45) is 29.2 Å². The van der Waals surface area contributed by atoms with Crippen LogP contribution >= 0.6 is 0 Å². The maximum absolute atomic E-state index is 15.3. The third-order valence-electron chi connectivity index (χ3n) is 12.5. The molecule has 1 N–H and O–H groups in total. The number of rotatable bonds is 4. The van der Waals surface area contributed by atoms with E-state index in [4.69, 9.17) is 18.9 Å². The van der Waals surface area contributed by atoms with Crippen molar-refractivity contribution in [1.29, 1.82) is 0 Å². The summed E-state index contributed by atoms with van der Waals surface area (Å²) < 4.78 is 48.3. The van der Waals surface area contributed by atoms with Crippen LogP contribution in [0, 0.1) is 24.7 Å². The summed E-state index contributed by atoms with van der Waals surface area (Å²) in [5.41, 5.74) is 4.95. The predicted molar refractivity (Wildman–Crippen MR) is 206 cm³/mol. The SMILES string of the molecule is COc1nn(C)cc1C(=O)NS1(=O)=NC(=O)c2ccc3c(c2)N(C[C@@H]2CC[C@H]2[C@@H](OC)/C=C/[C@@H]2OCC[C@@H]1[C@H]2C)C[C@@]1(CCCc2cc(C)ccc21)CO3. The number of nitrogens with one attached hydrogen (secondary N) is 1. The maximum Gasteiger partial charge on any atom is 0.286 e. The molecule has 0 radical (unpaired) electrons. The van der Waals surface area contributed by atoms with Crippen LogP contribution in [-0.2, 0) is 38.3 Å². The molecule has 1 unspecified atom stereocenters. The zero-order chi connectivity index (χ0) is 37.8. The van der Waals surface area contributed by atoms with Gasteiger partial charge in [-0.3, -0.25) is 19.0 Å². The predicted octanol–water partition coefficient (Wildman–Crippen LogP) is 5.57. The van der Waals surface area contributed by atoms with E-state index in [-0.39, 0.29) is 47.0 Å². The molecule has 2 amide bonds. The number of amides is 2. The van der Waals surface area contributed by atoms with Crippen molar-refractivity contribution in [3.8, 4) is 11.6 Å². The number of hydrogen-bond acceptors (Lipinski definition) is 9. The monoisotopic (exact) mass is 757 g/mol. The molecule has 3 aromatic rings. The van der Waals surface area contributed by atoms with Gasteiger partial charge in [0.25, 0.3) is 11.8 Å². The lowest BCUT2D eigenvalue weighted by Crippen LogP contribution is -2.50. The number of hydrogen-bond donors (Lipinski definition) is 1. The van der Waals surface area contributed by atoms with Crippen molar-refractivity contribution in [3.63, 3.8) is 0 Å². The van der Waals surface area contributed by atoms with Crippen LogP contribution in [-0.4, -0.2) is 83.8 Å². The molecule has 1 spiro atoms. The fraction of sp³-hybridized carbons (Fsp3) is 0.537. The quantitative estimate of drug-likeness (QED) is 0.340. The Labute approximate surface area is 317 Å². The first-order valence-electron chi connectivity index (χ1n) is 19.2. The van der Waals surface area contributed by atoms with E-state index in [0.717, 1.165) is 50.9 Å². The Hall–Kier alpha value is -4.20. The highest BCUT2D eigenvalue weighted by atomic mass is 32.2. The van der Waals surface area contributed by atoms with Crippen LogP contribution in [0.5, 0.6) is 11.6 Å². The maximum atomic E-state index is 15.3. The molecule has 13 heteroatoms. The third kappa shape index (κ3) is 6.62. The molecule has 8 atom stereocenters. The number of fused-ring (bicyclic) bond motifs is 6.